The number of hydrogen-bond donors (Lipinski definition) is 0. The maximum Gasteiger partial charge on any atom is 0.148 e. The summed E-state index contributed by atoms with van der Waals surface area (Å²) < 4.78 is 4.16. The quantitative estimate of drug-likeness (QED) is 0.121. The van der Waals surface area contributed by atoms with Crippen LogP contribution in [0.5, 0.6) is 0 Å². The van der Waals surface area contributed by atoms with Crippen LogP contribution in [-0.2, 0) is 87.5 Å². The first-order valence-corrected chi connectivity index (χ1v) is 25.2. The topological polar surface area (TPSA) is 112 Å². The molecule has 1 aliphatic heterocycles. The SMILES string of the molecule is Cc1ccnc(-c2[c-]cc(-n3c4ccccc4c4ccccc43)cc2)c1.Cc1ccnc(-c2[c-]ccc(-c3ccnn3C)c2)c1.Cc1ccnc(-c2[c-]ccc(C3N=CC=N3)c2)c1.[Ir].[Ir].[Ir].[Ir].[c-]1ccnc2ccc3cccnc3c12. The van der Waals surface area contributed by atoms with E-state index < -0.39 is 0 Å². The van der Waals surface area contributed by atoms with Crippen molar-refractivity contribution in [3.8, 4) is 50.7 Å². The smallest absolute Gasteiger partial charge is 0.148 e. The van der Waals surface area contributed by atoms with Crippen molar-refractivity contribution in [3.05, 3.63) is 260 Å². The van der Waals surface area contributed by atoms with Crippen LogP contribution in [-0.4, -0.2) is 51.7 Å². The Balaban J connectivity index is 0.000000157. The van der Waals surface area contributed by atoms with Crippen molar-refractivity contribution in [2.75, 3.05) is 0 Å². The van der Waals surface area contributed by atoms with Gasteiger partial charge in [-0.05, 0) is 102 Å². The third kappa shape index (κ3) is 14.4. The number of benzene rings is 6. The summed E-state index contributed by atoms with van der Waals surface area (Å²) in [6.45, 7) is 6.20. The molecule has 6 aromatic carbocycles. The van der Waals surface area contributed by atoms with Gasteiger partial charge in [0, 0.05) is 158 Å². The van der Waals surface area contributed by atoms with Gasteiger partial charge in [0.05, 0.1) is 0 Å². The van der Waals surface area contributed by atoms with Crippen molar-refractivity contribution in [2.24, 2.45) is 17.0 Å². The van der Waals surface area contributed by atoms with E-state index in [0.717, 1.165) is 78.1 Å². The number of fused-ring (bicyclic) bond motifs is 6. The van der Waals surface area contributed by atoms with E-state index in [1.165, 1.54) is 38.5 Å². The van der Waals surface area contributed by atoms with E-state index in [4.69, 9.17) is 0 Å². The van der Waals surface area contributed by atoms with Crippen molar-refractivity contribution in [2.45, 2.75) is 26.9 Å². The molecular formula is C67H50Ir4N10-4. The Hall–Kier alpha value is -7.46. The fourth-order valence-electron chi connectivity index (χ4n) is 9.26. The summed E-state index contributed by atoms with van der Waals surface area (Å²) in [7, 11) is 1.94. The molecular weight excluding hydrogens is 1710 g/mol. The number of hydrogen-bond acceptors (Lipinski definition) is 8. The van der Waals surface area contributed by atoms with Gasteiger partial charge < -0.3 is 29.5 Å². The Kier molecular flexibility index (Phi) is 21.7. The molecule has 408 valence electrons. The van der Waals surface area contributed by atoms with Crippen LogP contribution in [0.2, 0.25) is 0 Å². The Morgan fingerprint density at radius 1 is 0.457 bits per heavy atom. The molecule has 13 aromatic rings. The third-order valence-corrected chi connectivity index (χ3v) is 13.0. The van der Waals surface area contributed by atoms with Crippen LogP contribution < -0.4 is 0 Å². The average Bonchev–Trinajstić information content (AvgIpc) is 4.22. The van der Waals surface area contributed by atoms with Crippen molar-refractivity contribution < 1.29 is 80.4 Å². The summed E-state index contributed by atoms with van der Waals surface area (Å²) in [6.07, 6.45) is 14.2. The minimum absolute atomic E-state index is 0. The minimum Gasteiger partial charge on any atom is -0.352 e. The second-order valence-corrected chi connectivity index (χ2v) is 18.4. The molecule has 14 rings (SSSR count). The van der Waals surface area contributed by atoms with Crippen LogP contribution in [0.3, 0.4) is 0 Å². The predicted molar refractivity (Wildman–Crippen MR) is 312 cm³/mol. The molecule has 0 fully saturated rings. The molecule has 0 spiro atoms. The molecule has 0 N–H and O–H groups in total. The summed E-state index contributed by atoms with van der Waals surface area (Å²) >= 11 is 0. The Bertz CT molecular complexity index is 4150. The first-order valence-electron chi connectivity index (χ1n) is 25.2. The molecule has 10 nitrogen and oxygen atoms in total. The zero-order valence-corrected chi connectivity index (χ0v) is 53.8. The summed E-state index contributed by atoms with van der Waals surface area (Å²) in [5.41, 5.74) is 18.1. The Labute approximate surface area is 525 Å². The fraction of sp³-hybridized carbons (Fsp3) is 0.0746. The second-order valence-electron chi connectivity index (χ2n) is 18.4. The number of aromatic nitrogens is 8. The molecule has 81 heavy (non-hydrogen) atoms. The molecule has 0 bridgehead atoms. The van der Waals surface area contributed by atoms with E-state index in [0.29, 0.717) is 0 Å². The molecule has 8 heterocycles. The predicted octanol–water partition coefficient (Wildman–Crippen LogP) is 14.8. The Morgan fingerprint density at radius 2 is 1.06 bits per heavy atom. The standard InChI is InChI=1S/C24H17N2.C16H14N3.C15H12N3.C12H7N2.4Ir/c1-17-14-15-25-22(16-17)18-10-12-19(13-11-18)26-23-8-4-2-6-20(23)21-7-3-5-9-24(21)26;1-12-6-8-17-15(10-12)13-4-3-5-14(11-13)16-7-9-18-19(16)2;1-11-5-6-16-14(9-11)12-3-2-4-13(10-12)15-17-7-8-18-15;1-3-9-5-6-11-10(4-2-7-13-11)12(9)14-8-1;;;;/h2-10,12-16H,1H3;3,5-11H,1-2H3;2,4-10,15H,1H3;1-3,5-8H;;;;/q4*-1;;;;. The van der Waals surface area contributed by atoms with Crippen LogP contribution in [0.15, 0.2) is 223 Å². The second kappa shape index (κ2) is 28.8. The fourth-order valence-corrected chi connectivity index (χ4v) is 9.26. The molecule has 0 saturated heterocycles. The van der Waals surface area contributed by atoms with Gasteiger partial charge in [-0.15, -0.1) is 102 Å². The van der Waals surface area contributed by atoms with Gasteiger partial charge >= 0.3 is 0 Å². The third-order valence-electron chi connectivity index (χ3n) is 13.0. The van der Waals surface area contributed by atoms with Crippen molar-refractivity contribution in [1.82, 2.24) is 39.3 Å². The number of nitrogens with zero attached hydrogens (tertiary/aromatic N) is 10. The number of para-hydroxylation sites is 2. The van der Waals surface area contributed by atoms with Crippen molar-refractivity contribution in [3.63, 3.8) is 0 Å². The molecule has 0 aliphatic carbocycles. The number of rotatable bonds is 6. The minimum atomic E-state index is -0.108. The van der Waals surface area contributed by atoms with Crippen LogP contribution >= 0.6 is 0 Å². The van der Waals surface area contributed by atoms with Gasteiger partial charge in [-0.2, -0.15) is 5.10 Å². The summed E-state index contributed by atoms with van der Waals surface area (Å²) in [6, 6.07) is 72.4. The van der Waals surface area contributed by atoms with E-state index in [1.807, 2.05) is 115 Å². The van der Waals surface area contributed by atoms with Gasteiger partial charge in [0.25, 0.3) is 0 Å². The van der Waals surface area contributed by atoms with Gasteiger partial charge in [0.15, 0.2) is 0 Å². The molecule has 0 unspecified atom stereocenters. The summed E-state index contributed by atoms with van der Waals surface area (Å²) in [4.78, 5) is 30.4. The van der Waals surface area contributed by atoms with Crippen LogP contribution in [0.4, 0.5) is 0 Å². The molecule has 14 heteroatoms. The van der Waals surface area contributed by atoms with Gasteiger partial charge in [-0.25, -0.2) is 0 Å². The first-order chi connectivity index (χ1) is 37.8. The van der Waals surface area contributed by atoms with Gasteiger partial charge in [-0.3, -0.25) is 14.7 Å². The largest absolute Gasteiger partial charge is 0.352 e. The monoisotopic (exact) mass is 1770 g/mol. The van der Waals surface area contributed by atoms with Crippen LogP contribution in [0.25, 0.3) is 94.3 Å². The number of aliphatic imine (C=N–C) groups is 2. The first kappa shape index (κ1) is 61.2. The Morgan fingerprint density at radius 3 is 1.65 bits per heavy atom. The number of aryl methyl sites for hydroxylation is 4. The normalized spacial score (nSPS) is 11.2. The van der Waals surface area contributed by atoms with E-state index in [9.17, 15) is 0 Å². The van der Waals surface area contributed by atoms with Crippen molar-refractivity contribution >= 4 is 56.0 Å². The van der Waals surface area contributed by atoms with Gasteiger partial charge in [-0.1, -0.05) is 112 Å². The van der Waals surface area contributed by atoms with Gasteiger partial charge in [0.2, 0.25) is 0 Å². The van der Waals surface area contributed by atoms with E-state index in [-0.39, 0.29) is 86.6 Å². The summed E-state index contributed by atoms with van der Waals surface area (Å²) in [5.74, 6) is 0. The van der Waals surface area contributed by atoms with Crippen LogP contribution in [0.1, 0.15) is 28.4 Å². The molecule has 4 radical (unpaired) electrons. The number of pyridine rings is 5. The molecule has 0 amide bonds. The van der Waals surface area contributed by atoms with E-state index in [2.05, 4.69) is 181 Å². The average molecular weight is 1760 g/mol. The molecule has 1 aliphatic rings. The van der Waals surface area contributed by atoms with Crippen LogP contribution in [0, 0.1) is 45.0 Å². The molecule has 0 atom stereocenters. The molecule has 0 saturated carbocycles. The van der Waals surface area contributed by atoms with Gasteiger partial charge in [0.1, 0.15) is 6.17 Å². The maximum absolute atomic E-state index is 4.46. The van der Waals surface area contributed by atoms with E-state index in [1.54, 1.807) is 31.0 Å². The molecule has 7 aromatic heterocycles. The maximum atomic E-state index is 4.46. The van der Waals surface area contributed by atoms with Crippen molar-refractivity contribution in [1.29, 1.82) is 0 Å². The zero-order valence-electron chi connectivity index (χ0n) is 44.2. The summed E-state index contributed by atoms with van der Waals surface area (Å²) in [5, 5.41) is 8.86. The zero-order chi connectivity index (χ0) is 52.5. The van der Waals surface area contributed by atoms with E-state index >= 15 is 0 Å².